The molecule has 2 rings (SSSR count). The van der Waals surface area contributed by atoms with E-state index in [1.165, 1.54) is 0 Å². The number of nitrogen functional groups attached to an aromatic ring is 1. The van der Waals surface area contributed by atoms with E-state index in [0.717, 1.165) is 28.8 Å². The van der Waals surface area contributed by atoms with Gasteiger partial charge in [-0.3, -0.25) is 4.68 Å². The van der Waals surface area contributed by atoms with Gasteiger partial charge in [-0.15, -0.1) is 5.10 Å². The third-order valence-electron chi connectivity index (χ3n) is 2.56. The van der Waals surface area contributed by atoms with Crippen LogP contribution in [0, 0.1) is 0 Å². The van der Waals surface area contributed by atoms with Crippen LogP contribution >= 0.6 is 15.9 Å². The molecule has 2 N–H and O–H groups in total. The smallest absolute Gasteiger partial charge is 0.165 e. The molecule has 0 atom stereocenters. The lowest BCUT2D eigenvalue weighted by Crippen LogP contribution is -2.09. The zero-order valence-electron chi connectivity index (χ0n) is 9.89. The molecule has 0 unspecified atom stereocenters. The number of halogens is 1. The fourth-order valence-corrected chi connectivity index (χ4v) is 2.40. The highest BCUT2D eigenvalue weighted by atomic mass is 79.9. The number of aromatic nitrogens is 5. The highest BCUT2D eigenvalue weighted by molar-refractivity contribution is 9.10. The molecule has 92 valence electrons. The van der Waals surface area contributed by atoms with Crippen molar-refractivity contribution in [2.24, 2.45) is 0 Å². The monoisotopic (exact) mass is 298 g/mol. The van der Waals surface area contributed by atoms with Crippen LogP contribution in [0.3, 0.4) is 0 Å². The van der Waals surface area contributed by atoms with Crippen LogP contribution in [0.5, 0.6) is 0 Å². The van der Waals surface area contributed by atoms with Crippen molar-refractivity contribution in [2.45, 2.75) is 33.4 Å². The first-order valence-electron chi connectivity index (χ1n) is 5.55. The second kappa shape index (κ2) is 4.87. The summed E-state index contributed by atoms with van der Waals surface area (Å²) in [4.78, 5) is 0. The van der Waals surface area contributed by atoms with Gasteiger partial charge in [0.15, 0.2) is 5.82 Å². The zero-order valence-corrected chi connectivity index (χ0v) is 11.5. The number of hydrogen-bond acceptors (Lipinski definition) is 4. The van der Waals surface area contributed by atoms with Gasteiger partial charge < -0.3 is 5.73 Å². The van der Waals surface area contributed by atoms with Crippen molar-refractivity contribution in [2.75, 3.05) is 5.73 Å². The number of nitrogens with two attached hydrogens (primary N) is 1. The fourth-order valence-electron chi connectivity index (χ4n) is 1.71. The summed E-state index contributed by atoms with van der Waals surface area (Å²) in [6, 6.07) is 0. The molecule has 17 heavy (non-hydrogen) atoms. The third kappa shape index (κ3) is 2.33. The molecule has 2 aromatic heterocycles. The van der Waals surface area contributed by atoms with E-state index in [2.05, 4.69) is 45.2 Å². The van der Waals surface area contributed by atoms with Crippen LogP contribution in [0.4, 0.5) is 5.82 Å². The SMILES string of the molecule is CCc1nn(CC)c(Cn2cc(N)nn2)c1Br. The van der Waals surface area contributed by atoms with Gasteiger partial charge in [0, 0.05) is 6.54 Å². The molecular formula is C10H15BrN6. The first-order chi connectivity index (χ1) is 8.15. The van der Waals surface area contributed by atoms with Crippen LogP contribution < -0.4 is 5.73 Å². The van der Waals surface area contributed by atoms with Crippen LogP contribution in [-0.4, -0.2) is 24.8 Å². The summed E-state index contributed by atoms with van der Waals surface area (Å²) < 4.78 is 4.74. The van der Waals surface area contributed by atoms with E-state index in [9.17, 15) is 0 Å². The largest absolute Gasteiger partial charge is 0.381 e. The zero-order chi connectivity index (χ0) is 12.4. The van der Waals surface area contributed by atoms with Gasteiger partial charge in [0.1, 0.15) is 0 Å². The van der Waals surface area contributed by atoms with Crippen molar-refractivity contribution in [3.63, 3.8) is 0 Å². The summed E-state index contributed by atoms with van der Waals surface area (Å²) in [5.74, 6) is 0.430. The number of hydrogen-bond donors (Lipinski definition) is 1. The molecule has 0 saturated carbocycles. The minimum atomic E-state index is 0.430. The topological polar surface area (TPSA) is 74.5 Å². The Morgan fingerprint density at radius 1 is 1.41 bits per heavy atom. The van der Waals surface area contributed by atoms with E-state index in [4.69, 9.17) is 5.73 Å². The lowest BCUT2D eigenvalue weighted by molar-refractivity contribution is 0.562. The first kappa shape index (κ1) is 12.1. The Hall–Kier alpha value is -1.37. The second-order valence-electron chi connectivity index (χ2n) is 3.72. The maximum atomic E-state index is 5.54. The van der Waals surface area contributed by atoms with Crippen molar-refractivity contribution >= 4 is 21.7 Å². The maximum absolute atomic E-state index is 5.54. The number of aryl methyl sites for hydroxylation is 2. The molecule has 0 aliphatic carbocycles. The molecule has 0 saturated heterocycles. The van der Waals surface area contributed by atoms with E-state index in [-0.39, 0.29) is 0 Å². The van der Waals surface area contributed by atoms with Gasteiger partial charge in [-0.2, -0.15) is 5.10 Å². The van der Waals surface area contributed by atoms with Gasteiger partial charge >= 0.3 is 0 Å². The van der Waals surface area contributed by atoms with E-state index in [1.54, 1.807) is 10.9 Å². The van der Waals surface area contributed by atoms with E-state index >= 15 is 0 Å². The molecule has 2 heterocycles. The van der Waals surface area contributed by atoms with Crippen LogP contribution in [0.2, 0.25) is 0 Å². The summed E-state index contributed by atoms with van der Waals surface area (Å²) in [5.41, 5.74) is 7.70. The first-order valence-corrected chi connectivity index (χ1v) is 6.34. The van der Waals surface area contributed by atoms with E-state index in [0.29, 0.717) is 12.4 Å². The molecule has 0 aliphatic heterocycles. The Balaban J connectivity index is 2.34. The lowest BCUT2D eigenvalue weighted by atomic mass is 10.3. The normalized spacial score (nSPS) is 11.0. The molecule has 0 spiro atoms. The van der Waals surface area contributed by atoms with Gasteiger partial charge in [0.2, 0.25) is 0 Å². The summed E-state index contributed by atoms with van der Waals surface area (Å²) in [6.45, 7) is 5.60. The number of anilines is 1. The second-order valence-corrected chi connectivity index (χ2v) is 4.51. The van der Waals surface area contributed by atoms with Crippen LogP contribution in [0.15, 0.2) is 10.7 Å². The lowest BCUT2D eigenvalue weighted by Gasteiger charge is -2.04. The summed E-state index contributed by atoms with van der Waals surface area (Å²) in [7, 11) is 0. The molecule has 0 radical (unpaired) electrons. The summed E-state index contributed by atoms with van der Waals surface area (Å²) in [6.07, 6.45) is 2.62. The maximum Gasteiger partial charge on any atom is 0.165 e. The average Bonchev–Trinajstić information content (AvgIpc) is 2.85. The molecule has 0 aliphatic rings. The highest BCUT2D eigenvalue weighted by Gasteiger charge is 2.14. The molecule has 0 bridgehead atoms. The predicted octanol–water partition coefficient (Wildman–Crippen LogP) is 1.45. The van der Waals surface area contributed by atoms with Gasteiger partial charge in [0.05, 0.1) is 28.6 Å². The van der Waals surface area contributed by atoms with Crippen LogP contribution in [-0.2, 0) is 19.5 Å². The van der Waals surface area contributed by atoms with Crippen molar-refractivity contribution in [1.82, 2.24) is 24.8 Å². The standard InChI is InChI=1S/C10H15BrN6/c1-3-7-10(11)8(17(4-2)14-7)5-16-6-9(12)13-15-16/h6H,3-5,12H2,1-2H3. The van der Waals surface area contributed by atoms with E-state index < -0.39 is 0 Å². The molecule has 0 fully saturated rings. The molecule has 7 heteroatoms. The quantitative estimate of drug-likeness (QED) is 0.927. The highest BCUT2D eigenvalue weighted by Crippen LogP contribution is 2.23. The summed E-state index contributed by atoms with van der Waals surface area (Å²) in [5, 5.41) is 12.2. The Morgan fingerprint density at radius 3 is 2.71 bits per heavy atom. The predicted molar refractivity (Wildman–Crippen MR) is 68.5 cm³/mol. The number of rotatable bonds is 4. The Bertz CT molecular complexity index is 515. The van der Waals surface area contributed by atoms with Gasteiger partial charge in [-0.1, -0.05) is 12.1 Å². The number of nitrogens with zero attached hydrogens (tertiary/aromatic N) is 5. The van der Waals surface area contributed by atoms with Gasteiger partial charge in [-0.05, 0) is 29.3 Å². The van der Waals surface area contributed by atoms with Gasteiger partial charge in [0.25, 0.3) is 0 Å². The van der Waals surface area contributed by atoms with E-state index in [1.807, 2.05) is 4.68 Å². The van der Waals surface area contributed by atoms with Crippen molar-refractivity contribution < 1.29 is 0 Å². The molecule has 2 aromatic rings. The Labute approximate surface area is 108 Å². The average molecular weight is 299 g/mol. The van der Waals surface area contributed by atoms with Crippen molar-refractivity contribution in [1.29, 1.82) is 0 Å². The Morgan fingerprint density at radius 2 is 2.18 bits per heavy atom. The van der Waals surface area contributed by atoms with Crippen LogP contribution in [0.25, 0.3) is 0 Å². The fraction of sp³-hybridized carbons (Fsp3) is 0.500. The molecular weight excluding hydrogens is 284 g/mol. The van der Waals surface area contributed by atoms with Crippen molar-refractivity contribution in [3.05, 3.63) is 22.1 Å². The Kier molecular flexibility index (Phi) is 3.46. The summed E-state index contributed by atoms with van der Waals surface area (Å²) >= 11 is 3.59. The van der Waals surface area contributed by atoms with Crippen LogP contribution in [0.1, 0.15) is 25.2 Å². The minimum Gasteiger partial charge on any atom is -0.381 e. The van der Waals surface area contributed by atoms with Crippen molar-refractivity contribution in [3.8, 4) is 0 Å². The molecule has 6 nitrogen and oxygen atoms in total. The molecule has 0 amide bonds. The minimum absolute atomic E-state index is 0.430. The third-order valence-corrected chi connectivity index (χ3v) is 3.48. The molecule has 0 aromatic carbocycles. The van der Waals surface area contributed by atoms with Gasteiger partial charge in [-0.25, -0.2) is 4.68 Å².